The molecule has 3 rings (SSSR count). The molecule has 0 saturated heterocycles. The van der Waals surface area contributed by atoms with Crippen molar-refractivity contribution in [3.63, 3.8) is 0 Å². The van der Waals surface area contributed by atoms with E-state index in [1.54, 1.807) is 47.9 Å². The van der Waals surface area contributed by atoms with Crippen molar-refractivity contribution in [1.29, 1.82) is 0 Å². The van der Waals surface area contributed by atoms with Crippen LogP contribution in [0.1, 0.15) is 10.6 Å². The van der Waals surface area contributed by atoms with Crippen molar-refractivity contribution in [3.8, 4) is 5.75 Å². The summed E-state index contributed by atoms with van der Waals surface area (Å²) in [6, 6.07) is 12.1. The van der Waals surface area contributed by atoms with Crippen LogP contribution in [0.15, 0.2) is 54.0 Å². The van der Waals surface area contributed by atoms with Crippen LogP contribution >= 0.6 is 34.5 Å². The van der Waals surface area contributed by atoms with Gasteiger partial charge in [-0.2, -0.15) is 0 Å². The van der Waals surface area contributed by atoms with Crippen LogP contribution in [0, 0.1) is 0 Å². The Kier molecular flexibility index (Phi) is 9.37. The topological polar surface area (TPSA) is 91.8 Å². The van der Waals surface area contributed by atoms with E-state index < -0.39 is 16.1 Å². The summed E-state index contributed by atoms with van der Waals surface area (Å²) >= 11 is 13.7. The molecule has 0 aliphatic carbocycles. The SMILES string of the molecule is CS(=O)(=O)Nc1ccc(OC[C@@H](O)CN(CCc2ccc(Cl)c(Cl)c2)Cc2nccs2)cc1. The molecule has 7 nitrogen and oxygen atoms in total. The van der Waals surface area contributed by atoms with Crippen LogP contribution in [0.5, 0.6) is 5.75 Å². The fourth-order valence-electron chi connectivity index (χ4n) is 3.12. The lowest BCUT2D eigenvalue weighted by Gasteiger charge is -2.24. The van der Waals surface area contributed by atoms with Crippen LogP contribution in [0.25, 0.3) is 0 Å². The van der Waals surface area contributed by atoms with Crippen molar-refractivity contribution in [2.45, 2.75) is 19.1 Å². The van der Waals surface area contributed by atoms with Gasteiger partial charge < -0.3 is 9.84 Å². The van der Waals surface area contributed by atoms with Crippen LogP contribution in [-0.4, -0.2) is 55.5 Å². The second-order valence-corrected chi connectivity index (χ2v) is 11.1. The maximum atomic E-state index is 11.3. The number of thiazole rings is 1. The van der Waals surface area contributed by atoms with E-state index >= 15 is 0 Å². The van der Waals surface area contributed by atoms with Crippen LogP contribution in [0.4, 0.5) is 5.69 Å². The van der Waals surface area contributed by atoms with Gasteiger partial charge in [0.05, 0.1) is 22.8 Å². The number of nitrogens with zero attached hydrogens (tertiary/aromatic N) is 2. The highest BCUT2D eigenvalue weighted by Crippen LogP contribution is 2.23. The zero-order valence-corrected chi connectivity index (χ0v) is 21.1. The molecule has 1 atom stereocenters. The Hall–Kier alpha value is -1.88. The molecular formula is C22H25Cl2N3O4S2. The Labute approximate surface area is 208 Å². The Morgan fingerprint density at radius 1 is 1.18 bits per heavy atom. The molecule has 1 aromatic heterocycles. The summed E-state index contributed by atoms with van der Waals surface area (Å²) in [6.07, 6.45) is 2.86. The van der Waals surface area contributed by atoms with Gasteiger partial charge in [0.2, 0.25) is 10.0 Å². The molecule has 33 heavy (non-hydrogen) atoms. The zero-order chi connectivity index (χ0) is 23.8. The van der Waals surface area contributed by atoms with Gasteiger partial charge in [0.1, 0.15) is 23.5 Å². The van der Waals surface area contributed by atoms with E-state index in [2.05, 4.69) is 14.6 Å². The van der Waals surface area contributed by atoms with Gasteiger partial charge >= 0.3 is 0 Å². The van der Waals surface area contributed by atoms with Crippen molar-refractivity contribution >= 4 is 50.2 Å². The van der Waals surface area contributed by atoms with Gasteiger partial charge in [-0.25, -0.2) is 13.4 Å². The fraction of sp³-hybridized carbons (Fsp3) is 0.318. The number of rotatable bonds is 12. The number of hydrogen-bond donors (Lipinski definition) is 2. The number of nitrogens with one attached hydrogen (secondary N) is 1. The molecule has 0 fully saturated rings. The summed E-state index contributed by atoms with van der Waals surface area (Å²) in [4.78, 5) is 6.47. The van der Waals surface area contributed by atoms with E-state index in [-0.39, 0.29) is 6.61 Å². The molecule has 0 amide bonds. The van der Waals surface area contributed by atoms with E-state index in [0.29, 0.717) is 41.1 Å². The molecule has 2 aromatic carbocycles. The first-order valence-electron chi connectivity index (χ1n) is 10.1. The molecule has 0 radical (unpaired) electrons. The van der Waals surface area contributed by atoms with Crippen molar-refractivity contribution in [2.75, 3.05) is 30.7 Å². The quantitative estimate of drug-likeness (QED) is 0.363. The maximum absolute atomic E-state index is 11.3. The summed E-state index contributed by atoms with van der Waals surface area (Å²) < 4.78 is 30.7. The normalized spacial score (nSPS) is 12.6. The molecule has 0 spiro atoms. The average Bonchev–Trinajstić information content (AvgIpc) is 3.26. The Morgan fingerprint density at radius 2 is 1.94 bits per heavy atom. The van der Waals surface area contributed by atoms with E-state index in [4.69, 9.17) is 27.9 Å². The van der Waals surface area contributed by atoms with E-state index in [0.717, 1.165) is 23.2 Å². The van der Waals surface area contributed by atoms with E-state index in [1.807, 2.05) is 17.5 Å². The average molecular weight is 530 g/mol. The molecule has 0 saturated carbocycles. The second-order valence-electron chi connectivity index (χ2n) is 7.52. The molecule has 1 heterocycles. The van der Waals surface area contributed by atoms with Gasteiger partial charge in [0.25, 0.3) is 0 Å². The Bertz CT molecular complexity index is 1130. The first-order chi connectivity index (χ1) is 15.7. The standard InChI is InChI=1S/C22H25Cl2N3O4S2/c1-33(29,30)26-17-3-5-19(6-4-17)31-15-18(28)13-27(14-22-25-9-11-32-22)10-8-16-2-7-20(23)21(24)12-16/h2-7,9,11-12,18,26,28H,8,10,13-15H2,1H3/t18-/m0/s1. The fourth-order valence-corrected chi connectivity index (χ4v) is 4.66. The molecule has 0 aliphatic heterocycles. The number of aliphatic hydroxyl groups excluding tert-OH is 1. The predicted octanol–water partition coefficient (Wildman–Crippen LogP) is 4.31. The number of anilines is 1. The van der Waals surface area contributed by atoms with Crippen LogP contribution in [0.2, 0.25) is 10.0 Å². The van der Waals surface area contributed by atoms with Gasteiger partial charge in [-0.05, 0) is 48.4 Å². The summed E-state index contributed by atoms with van der Waals surface area (Å²) in [6.45, 7) is 1.80. The highest BCUT2D eigenvalue weighted by atomic mass is 35.5. The Morgan fingerprint density at radius 3 is 2.58 bits per heavy atom. The largest absolute Gasteiger partial charge is 0.491 e. The number of aromatic nitrogens is 1. The minimum absolute atomic E-state index is 0.0972. The monoisotopic (exact) mass is 529 g/mol. The minimum Gasteiger partial charge on any atom is -0.491 e. The number of benzene rings is 2. The molecule has 3 aromatic rings. The highest BCUT2D eigenvalue weighted by Gasteiger charge is 2.15. The minimum atomic E-state index is -3.34. The van der Waals surface area contributed by atoms with Gasteiger partial charge in [-0.1, -0.05) is 29.3 Å². The van der Waals surface area contributed by atoms with Gasteiger partial charge in [0.15, 0.2) is 0 Å². The highest BCUT2D eigenvalue weighted by molar-refractivity contribution is 7.92. The number of hydrogen-bond acceptors (Lipinski definition) is 7. The third-order valence-electron chi connectivity index (χ3n) is 4.61. The maximum Gasteiger partial charge on any atom is 0.229 e. The summed E-state index contributed by atoms with van der Waals surface area (Å²) in [5.74, 6) is 0.537. The number of aliphatic hydroxyl groups is 1. The molecule has 11 heteroatoms. The van der Waals surface area contributed by atoms with Gasteiger partial charge in [-0.15, -0.1) is 11.3 Å². The number of sulfonamides is 1. The lowest BCUT2D eigenvalue weighted by Crippen LogP contribution is -2.36. The first-order valence-corrected chi connectivity index (χ1v) is 13.6. The van der Waals surface area contributed by atoms with E-state index in [9.17, 15) is 13.5 Å². The van der Waals surface area contributed by atoms with Crippen molar-refractivity contribution in [2.24, 2.45) is 0 Å². The predicted molar refractivity (Wildman–Crippen MR) is 134 cm³/mol. The molecule has 2 N–H and O–H groups in total. The third kappa shape index (κ3) is 9.11. The molecule has 178 valence electrons. The molecule has 0 bridgehead atoms. The Balaban J connectivity index is 1.55. The lowest BCUT2D eigenvalue weighted by atomic mass is 10.1. The van der Waals surface area contributed by atoms with E-state index in [1.165, 1.54) is 0 Å². The summed E-state index contributed by atoms with van der Waals surface area (Å²) in [7, 11) is -3.34. The van der Waals surface area contributed by atoms with Crippen molar-refractivity contribution < 1.29 is 18.3 Å². The molecular weight excluding hydrogens is 505 g/mol. The van der Waals surface area contributed by atoms with Gasteiger partial charge in [-0.3, -0.25) is 9.62 Å². The molecule has 0 unspecified atom stereocenters. The smallest absolute Gasteiger partial charge is 0.229 e. The first kappa shape index (κ1) is 25.7. The number of ether oxygens (including phenoxy) is 1. The third-order valence-corrected chi connectivity index (χ3v) is 6.72. The van der Waals surface area contributed by atoms with Crippen LogP contribution in [-0.2, 0) is 23.0 Å². The molecule has 0 aliphatic rings. The number of halogens is 2. The summed E-state index contributed by atoms with van der Waals surface area (Å²) in [5.41, 5.74) is 1.50. The zero-order valence-electron chi connectivity index (χ0n) is 17.9. The van der Waals surface area contributed by atoms with Crippen LogP contribution < -0.4 is 9.46 Å². The summed E-state index contributed by atoms with van der Waals surface area (Å²) in [5, 5.41) is 14.5. The van der Waals surface area contributed by atoms with Crippen molar-refractivity contribution in [1.82, 2.24) is 9.88 Å². The van der Waals surface area contributed by atoms with Crippen LogP contribution in [0.3, 0.4) is 0 Å². The van der Waals surface area contributed by atoms with Crippen molar-refractivity contribution in [3.05, 3.63) is 74.7 Å². The van der Waals surface area contributed by atoms with Gasteiger partial charge in [0, 0.05) is 30.4 Å². The lowest BCUT2D eigenvalue weighted by molar-refractivity contribution is 0.0659. The second kappa shape index (κ2) is 12.0.